The molecule has 2 aromatic heterocycles. The Balaban J connectivity index is 2.01. The highest BCUT2D eigenvalue weighted by atomic mass is 19.1. The molecule has 28 heavy (non-hydrogen) atoms. The molecule has 0 spiro atoms. The fourth-order valence-corrected chi connectivity index (χ4v) is 3.12. The number of hydrogen-bond donors (Lipinski definition) is 2. The van der Waals surface area contributed by atoms with Gasteiger partial charge in [-0.25, -0.2) is 23.2 Å². The fourth-order valence-electron chi connectivity index (χ4n) is 3.12. The maximum Gasteiger partial charge on any atom is 0.360 e. The predicted octanol–water partition coefficient (Wildman–Crippen LogP) is 1.17. The quantitative estimate of drug-likeness (QED) is 0.696. The molecular weight excluding hydrogens is 372 g/mol. The molecule has 0 amide bonds. The van der Waals surface area contributed by atoms with Gasteiger partial charge >= 0.3 is 5.97 Å². The maximum atomic E-state index is 14.7. The van der Waals surface area contributed by atoms with E-state index in [1.807, 2.05) is 0 Å². The lowest BCUT2D eigenvalue weighted by Gasteiger charge is -2.28. The monoisotopic (exact) mass is 387 g/mol. The topological polar surface area (TPSA) is 100 Å². The molecule has 0 radical (unpaired) electrons. The zero-order valence-corrected chi connectivity index (χ0v) is 14.5. The van der Waals surface area contributed by atoms with Crippen LogP contribution in [-0.4, -0.2) is 52.0 Å². The average molecular weight is 387 g/mol. The number of benzene rings is 1. The van der Waals surface area contributed by atoms with Crippen molar-refractivity contribution in [2.45, 2.75) is 0 Å². The minimum atomic E-state index is -1.55. The lowest BCUT2D eigenvalue weighted by Crippen LogP contribution is -2.44. The molecule has 1 fully saturated rings. The van der Waals surface area contributed by atoms with Gasteiger partial charge in [0.05, 0.1) is 11.1 Å². The summed E-state index contributed by atoms with van der Waals surface area (Å²) < 4.78 is 29.1. The molecule has 0 bridgehead atoms. The summed E-state index contributed by atoms with van der Waals surface area (Å²) in [7, 11) is 0. The van der Waals surface area contributed by atoms with Crippen molar-refractivity contribution in [1.82, 2.24) is 20.1 Å². The molecule has 0 unspecified atom stereocenters. The number of carboxylic acid groups (broad SMARTS) is 1. The van der Waals surface area contributed by atoms with Gasteiger partial charge in [0.1, 0.15) is 5.82 Å². The Morgan fingerprint density at radius 1 is 1.14 bits per heavy atom. The van der Waals surface area contributed by atoms with Crippen LogP contribution in [0.4, 0.5) is 14.6 Å². The van der Waals surface area contributed by atoms with Gasteiger partial charge in [-0.3, -0.25) is 4.79 Å². The van der Waals surface area contributed by atoms with Gasteiger partial charge in [-0.05, 0) is 30.3 Å². The van der Waals surface area contributed by atoms with Crippen molar-refractivity contribution in [2.75, 3.05) is 31.1 Å². The number of halogens is 2. The van der Waals surface area contributed by atoms with Crippen molar-refractivity contribution in [2.24, 2.45) is 0 Å². The average Bonchev–Trinajstić information content (AvgIpc) is 2.69. The summed E-state index contributed by atoms with van der Waals surface area (Å²) in [6, 6.07) is 6.06. The molecule has 10 heteroatoms. The van der Waals surface area contributed by atoms with E-state index >= 15 is 0 Å². The number of pyridine rings is 1. The Kier molecular flexibility index (Phi) is 4.47. The third-order valence-corrected chi connectivity index (χ3v) is 4.49. The maximum absolute atomic E-state index is 14.7. The van der Waals surface area contributed by atoms with Crippen molar-refractivity contribution in [3.05, 3.63) is 57.9 Å². The van der Waals surface area contributed by atoms with Crippen molar-refractivity contribution in [1.29, 1.82) is 0 Å². The minimum absolute atomic E-state index is 0.00320. The molecule has 4 rings (SSSR count). The highest BCUT2D eigenvalue weighted by Gasteiger charge is 2.23. The summed E-state index contributed by atoms with van der Waals surface area (Å²) in [6.07, 6.45) is 0. The molecule has 1 saturated heterocycles. The summed E-state index contributed by atoms with van der Waals surface area (Å²) in [4.78, 5) is 30.0. The van der Waals surface area contributed by atoms with Crippen LogP contribution in [0.2, 0.25) is 0 Å². The van der Waals surface area contributed by atoms with Crippen LogP contribution in [0.15, 0.2) is 35.1 Å². The number of nitrogens with zero attached hydrogens (tertiary/aromatic N) is 4. The molecular formula is C18H15F2N5O3. The van der Waals surface area contributed by atoms with E-state index < -0.39 is 28.7 Å². The second-order valence-corrected chi connectivity index (χ2v) is 6.27. The number of aromatic nitrogens is 3. The fraction of sp³-hybridized carbons (Fsp3) is 0.222. The summed E-state index contributed by atoms with van der Waals surface area (Å²) in [5.41, 5.74) is -1.41. The Morgan fingerprint density at radius 2 is 1.82 bits per heavy atom. The van der Waals surface area contributed by atoms with Gasteiger partial charge in [0.15, 0.2) is 17.3 Å². The largest absolute Gasteiger partial charge is 0.476 e. The van der Waals surface area contributed by atoms with Crippen LogP contribution in [0.3, 0.4) is 0 Å². The van der Waals surface area contributed by atoms with Gasteiger partial charge < -0.3 is 15.3 Å². The molecule has 3 aromatic rings. The van der Waals surface area contributed by atoms with Crippen LogP contribution >= 0.6 is 0 Å². The summed E-state index contributed by atoms with van der Waals surface area (Å²) in [5, 5.41) is 16.1. The van der Waals surface area contributed by atoms with Crippen molar-refractivity contribution in [3.8, 4) is 5.69 Å². The molecule has 1 aliphatic heterocycles. The summed E-state index contributed by atoms with van der Waals surface area (Å²) in [5.74, 6) is -2.71. The van der Waals surface area contributed by atoms with Gasteiger partial charge in [-0.2, -0.15) is 5.10 Å². The molecule has 1 aromatic carbocycles. The Morgan fingerprint density at radius 3 is 2.46 bits per heavy atom. The number of rotatable bonds is 3. The highest BCUT2D eigenvalue weighted by molar-refractivity contribution is 5.90. The van der Waals surface area contributed by atoms with Crippen molar-refractivity contribution in [3.63, 3.8) is 0 Å². The molecule has 3 heterocycles. The zero-order chi connectivity index (χ0) is 19.8. The normalized spacial score (nSPS) is 14.4. The third-order valence-electron chi connectivity index (χ3n) is 4.49. The molecule has 0 aliphatic carbocycles. The van der Waals surface area contributed by atoms with Crippen LogP contribution in [-0.2, 0) is 0 Å². The minimum Gasteiger partial charge on any atom is -0.476 e. The number of hydrogen-bond acceptors (Lipinski definition) is 6. The highest BCUT2D eigenvalue weighted by Crippen LogP contribution is 2.23. The number of fused-ring (bicyclic) bond motifs is 1. The molecule has 8 nitrogen and oxygen atoms in total. The smallest absolute Gasteiger partial charge is 0.360 e. The van der Waals surface area contributed by atoms with E-state index in [1.54, 1.807) is 4.90 Å². The van der Waals surface area contributed by atoms with E-state index in [-0.39, 0.29) is 16.9 Å². The van der Waals surface area contributed by atoms with Crippen LogP contribution < -0.4 is 15.6 Å². The van der Waals surface area contributed by atoms with E-state index in [2.05, 4.69) is 15.4 Å². The lowest BCUT2D eigenvalue weighted by molar-refractivity contribution is 0.0687. The zero-order valence-electron chi connectivity index (χ0n) is 14.5. The number of nitrogens with one attached hydrogen (secondary N) is 1. The number of aromatic carboxylic acids is 1. The Bertz CT molecular complexity index is 1120. The first-order chi connectivity index (χ1) is 13.5. The summed E-state index contributed by atoms with van der Waals surface area (Å²) in [6.45, 7) is 2.36. The van der Waals surface area contributed by atoms with E-state index in [1.165, 1.54) is 24.3 Å². The lowest BCUT2D eigenvalue weighted by atomic mass is 10.2. The van der Waals surface area contributed by atoms with E-state index in [0.29, 0.717) is 31.9 Å². The molecule has 1 aliphatic rings. The second kappa shape index (κ2) is 6.97. The number of piperazine rings is 1. The molecule has 144 valence electrons. The first-order valence-corrected chi connectivity index (χ1v) is 8.54. The number of carbonyl (C=O) groups is 1. The predicted molar refractivity (Wildman–Crippen MR) is 97.1 cm³/mol. The van der Waals surface area contributed by atoms with Crippen molar-refractivity contribution < 1.29 is 18.7 Å². The number of anilines is 1. The first-order valence-electron chi connectivity index (χ1n) is 8.54. The molecule has 2 N–H and O–H groups in total. The van der Waals surface area contributed by atoms with Crippen molar-refractivity contribution >= 4 is 22.8 Å². The van der Waals surface area contributed by atoms with E-state index in [4.69, 9.17) is 0 Å². The van der Waals surface area contributed by atoms with Gasteiger partial charge in [0.2, 0.25) is 11.1 Å². The van der Waals surface area contributed by atoms with Crippen LogP contribution in [0.1, 0.15) is 10.5 Å². The Labute approximate surface area is 157 Å². The van der Waals surface area contributed by atoms with Gasteiger partial charge in [-0.1, -0.05) is 0 Å². The van der Waals surface area contributed by atoms with Gasteiger partial charge in [-0.15, -0.1) is 0 Å². The first kappa shape index (κ1) is 18.0. The number of carboxylic acids is 1. The third kappa shape index (κ3) is 3.07. The standard InChI is InChI=1S/C18H15F2N5O3/c19-10-1-3-11(4-2-10)25-16-12(15(26)14(23-25)18(27)28)9-13(20)17(22-16)24-7-5-21-6-8-24/h1-4,9,21H,5-8H2,(H,27,28). The van der Waals surface area contributed by atoms with E-state index in [0.717, 1.165) is 10.7 Å². The second-order valence-electron chi connectivity index (χ2n) is 6.27. The molecule has 0 atom stereocenters. The van der Waals surface area contributed by atoms with Gasteiger partial charge in [0.25, 0.3) is 0 Å². The SMILES string of the molecule is O=C(O)c1nn(-c2ccc(F)cc2)c2nc(N3CCNCC3)c(F)cc2c1=O. The van der Waals surface area contributed by atoms with Gasteiger partial charge in [0, 0.05) is 26.2 Å². The van der Waals surface area contributed by atoms with Crippen LogP contribution in [0, 0.1) is 11.6 Å². The molecule has 0 saturated carbocycles. The van der Waals surface area contributed by atoms with E-state index in [9.17, 15) is 23.5 Å². The van der Waals surface area contributed by atoms with Crippen LogP contribution in [0.5, 0.6) is 0 Å². The van der Waals surface area contributed by atoms with Crippen LogP contribution in [0.25, 0.3) is 16.7 Å². The summed E-state index contributed by atoms with van der Waals surface area (Å²) >= 11 is 0. The Hall–Kier alpha value is -3.40.